The van der Waals surface area contributed by atoms with E-state index in [0.29, 0.717) is 18.7 Å². The number of aromatic nitrogens is 2. The van der Waals surface area contributed by atoms with Gasteiger partial charge in [0.05, 0.1) is 0 Å². The number of benzene rings is 1. The second-order valence-electron chi connectivity index (χ2n) is 6.03. The predicted molar refractivity (Wildman–Crippen MR) is 90.3 cm³/mol. The zero-order valence-corrected chi connectivity index (χ0v) is 14.0. The lowest BCUT2D eigenvalue weighted by Crippen LogP contribution is -2.49. The smallest absolute Gasteiger partial charge is 0.253 e. The first-order valence-electron chi connectivity index (χ1n) is 8.44. The van der Waals surface area contributed by atoms with Gasteiger partial charge in [0.2, 0.25) is 0 Å². The summed E-state index contributed by atoms with van der Waals surface area (Å²) in [5.41, 5.74) is 0.552. The van der Waals surface area contributed by atoms with E-state index in [-0.39, 0.29) is 11.7 Å². The van der Waals surface area contributed by atoms with Crippen LogP contribution in [-0.4, -0.2) is 58.0 Å². The summed E-state index contributed by atoms with van der Waals surface area (Å²) in [4.78, 5) is 21.0. The molecule has 128 valence electrons. The monoisotopic (exact) mass is 330 g/mol. The van der Waals surface area contributed by atoms with Crippen molar-refractivity contribution in [1.29, 1.82) is 0 Å². The fourth-order valence-electron chi connectivity index (χ4n) is 3.06. The summed E-state index contributed by atoms with van der Waals surface area (Å²) >= 11 is 0. The molecule has 3 rings (SSSR count). The molecule has 0 aliphatic carbocycles. The Bertz CT molecular complexity index is 675. The van der Waals surface area contributed by atoms with Crippen molar-refractivity contribution >= 4 is 5.91 Å². The molecule has 1 aromatic heterocycles. The largest absolute Gasteiger partial charge is 0.336 e. The lowest BCUT2D eigenvalue weighted by atomic mass is 10.2. The van der Waals surface area contributed by atoms with Crippen LogP contribution in [0.1, 0.15) is 23.1 Å². The standard InChI is InChI=1S/C18H23FN4O/c1-2-17-20-7-8-22(17)12-9-21-10-13-23(14-11-21)18(24)15-3-5-16(19)6-4-15/h3-8H,2,9-14H2,1H3. The Labute approximate surface area is 141 Å². The maximum Gasteiger partial charge on any atom is 0.253 e. The minimum atomic E-state index is -0.317. The Morgan fingerprint density at radius 1 is 1.12 bits per heavy atom. The molecule has 0 saturated carbocycles. The van der Waals surface area contributed by atoms with Crippen molar-refractivity contribution in [3.05, 3.63) is 53.9 Å². The van der Waals surface area contributed by atoms with Crippen LogP contribution in [0.15, 0.2) is 36.7 Å². The van der Waals surface area contributed by atoms with Crippen molar-refractivity contribution in [1.82, 2.24) is 19.4 Å². The SMILES string of the molecule is CCc1nccn1CCN1CCN(C(=O)c2ccc(F)cc2)CC1. The summed E-state index contributed by atoms with van der Waals surface area (Å²) in [6.45, 7) is 7.14. The van der Waals surface area contributed by atoms with Gasteiger partial charge in [-0.2, -0.15) is 0 Å². The number of amides is 1. The van der Waals surface area contributed by atoms with Crippen molar-refractivity contribution in [2.45, 2.75) is 19.9 Å². The fourth-order valence-corrected chi connectivity index (χ4v) is 3.06. The predicted octanol–water partition coefficient (Wildman–Crippen LogP) is 2.04. The first kappa shape index (κ1) is 16.6. The Kier molecular flexibility index (Phi) is 5.25. The molecule has 1 fully saturated rings. The molecule has 1 amide bonds. The Balaban J connectivity index is 1.48. The van der Waals surface area contributed by atoms with Crippen LogP contribution in [0.2, 0.25) is 0 Å². The van der Waals surface area contributed by atoms with Gasteiger partial charge in [-0.3, -0.25) is 9.69 Å². The summed E-state index contributed by atoms with van der Waals surface area (Å²) < 4.78 is 15.2. The molecule has 0 radical (unpaired) electrons. The summed E-state index contributed by atoms with van der Waals surface area (Å²) in [6, 6.07) is 5.77. The third-order valence-electron chi connectivity index (χ3n) is 4.53. The van der Waals surface area contributed by atoms with E-state index < -0.39 is 0 Å². The first-order chi connectivity index (χ1) is 11.7. The normalized spacial score (nSPS) is 15.7. The van der Waals surface area contributed by atoms with Gasteiger partial charge in [0.15, 0.2) is 0 Å². The maximum absolute atomic E-state index is 13.0. The second kappa shape index (κ2) is 7.57. The third kappa shape index (κ3) is 3.82. The number of rotatable bonds is 5. The van der Waals surface area contributed by atoms with Gasteiger partial charge in [-0.05, 0) is 24.3 Å². The number of carbonyl (C=O) groups is 1. The lowest BCUT2D eigenvalue weighted by Gasteiger charge is -2.34. The van der Waals surface area contributed by atoms with Crippen LogP contribution in [0.3, 0.4) is 0 Å². The summed E-state index contributed by atoms with van der Waals surface area (Å²) in [7, 11) is 0. The maximum atomic E-state index is 13.0. The van der Waals surface area contributed by atoms with E-state index in [1.54, 1.807) is 12.1 Å². The zero-order chi connectivity index (χ0) is 16.9. The molecule has 1 aliphatic rings. The average molecular weight is 330 g/mol. The van der Waals surface area contributed by atoms with Crippen molar-refractivity contribution in [2.75, 3.05) is 32.7 Å². The van der Waals surface area contributed by atoms with Gasteiger partial charge in [0, 0.05) is 63.6 Å². The molecule has 0 unspecified atom stereocenters. The van der Waals surface area contributed by atoms with Gasteiger partial charge in [0.1, 0.15) is 11.6 Å². The first-order valence-corrected chi connectivity index (χ1v) is 8.44. The molecule has 0 N–H and O–H groups in total. The highest BCUT2D eigenvalue weighted by atomic mass is 19.1. The lowest BCUT2D eigenvalue weighted by molar-refractivity contribution is 0.0633. The van der Waals surface area contributed by atoms with Crippen LogP contribution in [-0.2, 0) is 13.0 Å². The highest BCUT2D eigenvalue weighted by Crippen LogP contribution is 2.10. The molecular formula is C18H23FN4O. The highest BCUT2D eigenvalue weighted by Gasteiger charge is 2.22. The number of imidazole rings is 1. The number of halogens is 1. The van der Waals surface area contributed by atoms with Gasteiger partial charge in [-0.1, -0.05) is 6.92 Å². The van der Waals surface area contributed by atoms with Crippen molar-refractivity contribution < 1.29 is 9.18 Å². The van der Waals surface area contributed by atoms with E-state index in [0.717, 1.165) is 38.4 Å². The summed E-state index contributed by atoms with van der Waals surface area (Å²) in [5, 5.41) is 0. The van der Waals surface area contributed by atoms with Gasteiger partial charge in [-0.15, -0.1) is 0 Å². The molecule has 5 nitrogen and oxygen atoms in total. The molecule has 6 heteroatoms. The number of aryl methyl sites for hydroxylation is 1. The van der Waals surface area contributed by atoms with Crippen molar-refractivity contribution in [3.63, 3.8) is 0 Å². The molecule has 0 spiro atoms. The zero-order valence-electron chi connectivity index (χ0n) is 14.0. The van der Waals surface area contributed by atoms with Gasteiger partial charge in [-0.25, -0.2) is 9.37 Å². The van der Waals surface area contributed by atoms with Gasteiger partial charge < -0.3 is 9.47 Å². The number of hydrogen-bond donors (Lipinski definition) is 0. The summed E-state index contributed by atoms with van der Waals surface area (Å²) in [6.07, 6.45) is 4.80. The minimum absolute atomic E-state index is 0.0162. The van der Waals surface area contributed by atoms with Crippen LogP contribution in [0.4, 0.5) is 4.39 Å². The van der Waals surface area contributed by atoms with E-state index in [9.17, 15) is 9.18 Å². The number of carbonyl (C=O) groups excluding carboxylic acids is 1. The van der Waals surface area contributed by atoms with Gasteiger partial charge in [0.25, 0.3) is 5.91 Å². The molecule has 1 aromatic carbocycles. The van der Waals surface area contributed by atoms with E-state index >= 15 is 0 Å². The highest BCUT2D eigenvalue weighted by molar-refractivity contribution is 5.94. The molecule has 2 aromatic rings. The van der Waals surface area contributed by atoms with E-state index in [1.165, 1.54) is 12.1 Å². The second-order valence-corrected chi connectivity index (χ2v) is 6.03. The van der Waals surface area contributed by atoms with Crippen LogP contribution in [0, 0.1) is 5.82 Å². The molecule has 1 aliphatic heterocycles. The van der Waals surface area contributed by atoms with Crippen molar-refractivity contribution in [2.24, 2.45) is 0 Å². The fraction of sp³-hybridized carbons (Fsp3) is 0.444. The average Bonchev–Trinajstić information content (AvgIpc) is 3.08. The number of nitrogens with zero attached hydrogens (tertiary/aromatic N) is 4. The van der Waals surface area contributed by atoms with Crippen molar-refractivity contribution in [3.8, 4) is 0 Å². The van der Waals surface area contributed by atoms with E-state index in [4.69, 9.17) is 0 Å². The van der Waals surface area contributed by atoms with Crippen LogP contribution in [0.5, 0.6) is 0 Å². The van der Waals surface area contributed by atoms with E-state index in [2.05, 4.69) is 21.4 Å². The molecule has 24 heavy (non-hydrogen) atoms. The third-order valence-corrected chi connectivity index (χ3v) is 4.53. The van der Waals surface area contributed by atoms with Crippen LogP contribution in [0.25, 0.3) is 0 Å². The molecular weight excluding hydrogens is 307 g/mol. The topological polar surface area (TPSA) is 41.4 Å². The molecule has 0 atom stereocenters. The Morgan fingerprint density at radius 3 is 2.50 bits per heavy atom. The Morgan fingerprint density at radius 2 is 1.83 bits per heavy atom. The van der Waals surface area contributed by atoms with Crippen LogP contribution >= 0.6 is 0 Å². The number of piperazine rings is 1. The Hall–Kier alpha value is -2.21. The molecule has 0 bridgehead atoms. The quantitative estimate of drug-likeness (QED) is 0.842. The minimum Gasteiger partial charge on any atom is -0.336 e. The van der Waals surface area contributed by atoms with Gasteiger partial charge >= 0.3 is 0 Å². The summed E-state index contributed by atoms with van der Waals surface area (Å²) in [5.74, 6) is 0.778. The van der Waals surface area contributed by atoms with Crippen LogP contribution < -0.4 is 0 Å². The molecule has 1 saturated heterocycles. The van der Waals surface area contributed by atoms with E-state index in [1.807, 2.05) is 17.3 Å². The number of hydrogen-bond acceptors (Lipinski definition) is 3. The molecule has 2 heterocycles.